The zero-order valence-corrected chi connectivity index (χ0v) is 8.62. The lowest BCUT2D eigenvalue weighted by Gasteiger charge is -2.18. The molecular weight excluding hydrogens is 178 g/mol. The highest BCUT2D eigenvalue weighted by atomic mass is 16.6. The molecule has 3 nitrogen and oxygen atoms in total. The summed E-state index contributed by atoms with van der Waals surface area (Å²) >= 11 is 0. The summed E-state index contributed by atoms with van der Waals surface area (Å²) in [5.41, 5.74) is 1.22. The predicted molar refractivity (Wildman–Crippen MR) is 53.9 cm³/mol. The zero-order chi connectivity index (χ0) is 9.97. The van der Waals surface area contributed by atoms with E-state index in [9.17, 15) is 0 Å². The van der Waals surface area contributed by atoms with Crippen molar-refractivity contribution in [2.24, 2.45) is 0 Å². The summed E-state index contributed by atoms with van der Waals surface area (Å²) in [6, 6.07) is 2.04. The van der Waals surface area contributed by atoms with Gasteiger partial charge in [0, 0.05) is 6.20 Å². The first-order chi connectivity index (χ1) is 6.81. The number of fused-ring (bicyclic) bond motifs is 1. The molecule has 0 bridgehead atoms. The minimum atomic E-state index is 0.526. The van der Waals surface area contributed by atoms with E-state index in [0.717, 1.165) is 12.2 Å². The molecule has 0 fully saturated rings. The summed E-state index contributed by atoms with van der Waals surface area (Å²) in [6.45, 7) is 5.58. The van der Waals surface area contributed by atoms with Crippen LogP contribution in [0.3, 0.4) is 0 Å². The second kappa shape index (κ2) is 3.86. The van der Waals surface area contributed by atoms with E-state index in [4.69, 9.17) is 9.47 Å². The average molecular weight is 193 g/mol. The molecule has 1 aromatic heterocycles. The first kappa shape index (κ1) is 9.31. The maximum absolute atomic E-state index is 5.47. The van der Waals surface area contributed by atoms with E-state index in [1.165, 1.54) is 5.56 Å². The molecule has 1 aliphatic rings. The molecule has 3 heteroatoms. The van der Waals surface area contributed by atoms with Crippen molar-refractivity contribution in [3.63, 3.8) is 0 Å². The number of hydrogen-bond donors (Lipinski definition) is 0. The summed E-state index contributed by atoms with van der Waals surface area (Å²) in [4.78, 5) is 4.24. The van der Waals surface area contributed by atoms with Crippen LogP contribution in [0, 0.1) is 0 Å². The average Bonchev–Trinajstić information content (AvgIpc) is 2.27. The molecule has 2 rings (SSSR count). The van der Waals surface area contributed by atoms with Crippen molar-refractivity contribution in [2.45, 2.75) is 26.2 Å². The van der Waals surface area contributed by atoms with Gasteiger partial charge in [0.2, 0.25) is 0 Å². The molecule has 0 spiro atoms. The molecule has 0 aromatic carbocycles. The van der Waals surface area contributed by atoms with Crippen LogP contribution in [0.25, 0.3) is 0 Å². The fourth-order valence-electron chi connectivity index (χ4n) is 1.45. The minimum absolute atomic E-state index is 0.526. The van der Waals surface area contributed by atoms with Gasteiger partial charge in [0.15, 0.2) is 5.75 Å². The Balaban J connectivity index is 2.29. The normalized spacial score (nSPS) is 16.4. The zero-order valence-electron chi connectivity index (χ0n) is 8.62. The molecule has 76 valence electrons. The van der Waals surface area contributed by atoms with Crippen molar-refractivity contribution >= 4 is 0 Å². The first-order valence-electron chi connectivity index (χ1n) is 5.06. The topological polar surface area (TPSA) is 31.4 Å². The standard InChI is InChI=1S/C11H15NO2/c1-3-8(2)9-6-10-11(12-7-9)14-5-4-13-10/h6-8H,3-5H2,1-2H3. The van der Waals surface area contributed by atoms with Gasteiger partial charge in [-0.15, -0.1) is 0 Å². The third-order valence-corrected chi connectivity index (χ3v) is 2.60. The highest BCUT2D eigenvalue weighted by molar-refractivity contribution is 5.38. The van der Waals surface area contributed by atoms with E-state index in [1.807, 2.05) is 12.3 Å². The second-order valence-electron chi connectivity index (χ2n) is 3.58. The fraction of sp³-hybridized carbons (Fsp3) is 0.545. The summed E-state index contributed by atoms with van der Waals surface area (Å²) in [6.07, 6.45) is 2.99. The minimum Gasteiger partial charge on any atom is -0.484 e. The van der Waals surface area contributed by atoms with Crippen LogP contribution in [0.2, 0.25) is 0 Å². The third kappa shape index (κ3) is 1.67. The van der Waals surface area contributed by atoms with Crippen molar-refractivity contribution < 1.29 is 9.47 Å². The molecule has 1 aliphatic heterocycles. The van der Waals surface area contributed by atoms with Gasteiger partial charge in [0.1, 0.15) is 13.2 Å². The van der Waals surface area contributed by atoms with Crippen LogP contribution in [-0.2, 0) is 0 Å². The molecule has 0 saturated carbocycles. The van der Waals surface area contributed by atoms with Gasteiger partial charge in [-0.05, 0) is 24.0 Å². The van der Waals surface area contributed by atoms with Crippen LogP contribution in [0.15, 0.2) is 12.3 Å². The molecule has 14 heavy (non-hydrogen) atoms. The van der Waals surface area contributed by atoms with Crippen molar-refractivity contribution in [3.05, 3.63) is 17.8 Å². The Hall–Kier alpha value is -1.25. The molecule has 0 saturated heterocycles. The maximum Gasteiger partial charge on any atom is 0.257 e. The maximum atomic E-state index is 5.47. The van der Waals surface area contributed by atoms with Gasteiger partial charge < -0.3 is 9.47 Å². The summed E-state index contributed by atoms with van der Waals surface area (Å²) in [7, 11) is 0. The van der Waals surface area contributed by atoms with Crippen molar-refractivity contribution in [2.75, 3.05) is 13.2 Å². The molecule has 2 heterocycles. The summed E-state index contributed by atoms with van der Waals surface area (Å²) < 4.78 is 10.8. The number of pyridine rings is 1. The Morgan fingerprint density at radius 2 is 2.21 bits per heavy atom. The Bertz CT molecular complexity index is 325. The third-order valence-electron chi connectivity index (χ3n) is 2.60. The predicted octanol–water partition coefficient (Wildman–Crippen LogP) is 2.37. The lowest BCUT2D eigenvalue weighted by Crippen LogP contribution is -2.16. The van der Waals surface area contributed by atoms with Gasteiger partial charge in [-0.2, -0.15) is 0 Å². The number of hydrogen-bond acceptors (Lipinski definition) is 3. The van der Waals surface area contributed by atoms with Gasteiger partial charge in [-0.3, -0.25) is 0 Å². The van der Waals surface area contributed by atoms with Crippen molar-refractivity contribution in [1.82, 2.24) is 4.98 Å². The van der Waals surface area contributed by atoms with E-state index >= 15 is 0 Å². The summed E-state index contributed by atoms with van der Waals surface area (Å²) in [5.74, 6) is 1.94. The number of ether oxygens (including phenoxy) is 2. The van der Waals surface area contributed by atoms with Gasteiger partial charge in [0.05, 0.1) is 0 Å². The quantitative estimate of drug-likeness (QED) is 0.722. The molecule has 0 N–H and O–H groups in total. The monoisotopic (exact) mass is 193 g/mol. The number of aromatic nitrogens is 1. The summed E-state index contributed by atoms with van der Waals surface area (Å²) in [5, 5.41) is 0. The Labute approximate surface area is 84.1 Å². The number of nitrogens with zero attached hydrogens (tertiary/aromatic N) is 1. The van der Waals surface area contributed by atoms with Gasteiger partial charge in [-0.25, -0.2) is 4.98 Å². The molecule has 1 unspecified atom stereocenters. The van der Waals surface area contributed by atoms with Crippen LogP contribution in [-0.4, -0.2) is 18.2 Å². The lowest BCUT2D eigenvalue weighted by molar-refractivity contribution is 0.164. The van der Waals surface area contributed by atoms with Crippen LogP contribution >= 0.6 is 0 Å². The van der Waals surface area contributed by atoms with E-state index in [0.29, 0.717) is 25.0 Å². The molecule has 1 aromatic rings. The lowest BCUT2D eigenvalue weighted by atomic mass is 10.0. The Kier molecular flexibility index (Phi) is 2.57. The Morgan fingerprint density at radius 3 is 3.00 bits per heavy atom. The van der Waals surface area contributed by atoms with Crippen LogP contribution in [0.4, 0.5) is 0 Å². The van der Waals surface area contributed by atoms with Gasteiger partial charge >= 0.3 is 0 Å². The second-order valence-corrected chi connectivity index (χ2v) is 3.58. The van der Waals surface area contributed by atoms with E-state index in [-0.39, 0.29) is 0 Å². The smallest absolute Gasteiger partial charge is 0.257 e. The SMILES string of the molecule is CCC(C)c1cnc2c(c1)OCCO2. The van der Waals surface area contributed by atoms with Crippen molar-refractivity contribution in [3.8, 4) is 11.6 Å². The van der Waals surface area contributed by atoms with Gasteiger partial charge in [-0.1, -0.05) is 13.8 Å². The van der Waals surface area contributed by atoms with Crippen LogP contribution in [0.1, 0.15) is 31.7 Å². The van der Waals surface area contributed by atoms with E-state index < -0.39 is 0 Å². The number of rotatable bonds is 2. The first-order valence-corrected chi connectivity index (χ1v) is 5.06. The molecule has 0 radical (unpaired) electrons. The fourth-order valence-corrected chi connectivity index (χ4v) is 1.45. The van der Waals surface area contributed by atoms with E-state index in [2.05, 4.69) is 18.8 Å². The highest BCUT2D eigenvalue weighted by Crippen LogP contribution is 2.31. The Morgan fingerprint density at radius 1 is 1.43 bits per heavy atom. The molecule has 0 aliphatic carbocycles. The largest absolute Gasteiger partial charge is 0.484 e. The van der Waals surface area contributed by atoms with Gasteiger partial charge in [0.25, 0.3) is 5.88 Å². The van der Waals surface area contributed by atoms with E-state index in [1.54, 1.807) is 0 Å². The highest BCUT2D eigenvalue weighted by Gasteiger charge is 2.14. The molecule has 1 atom stereocenters. The molecule has 0 amide bonds. The van der Waals surface area contributed by atoms with Crippen LogP contribution in [0.5, 0.6) is 11.6 Å². The van der Waals surface area contributed by atoms with Crippen LogP contribution < -0.4 is 9.47 Å². The molecular formula is C11H15NO2. The van der Waals surface area contributed by atoms with Crippen molar-refractivity contribution in [1.29, 1.82) is 0 Å².